The summed E-state index contributed by atoms with van der Waals surface area (Å²) in [6.45, 7) is 2.25. The second-order valence-corrected chi connectivity index (χ2v) is 7.19. The predicted molar refractivity (Wildman–Crippen MR) is 99.8 cm³/mol. The van der Waals surface area contributed by atoms with E-state index in [-0.39, 0.29) is 5.69 Å². The summed E-state index contributed by atoms with van der Waals surface area (Å²) in [5.41, 5.74) is 1.17. The summed E-state index contributed by atoms with van der Waals surface area (Å²) in [5.74, 6) is 0. The molecule has 0 fully saturated rings. The number of carbonyl (C=O) groups is 1. The van der Waals surface area contributed by atoms with Gasteiger partial charge in [-0.05, 0) is 24.6 Å². The number of anilines is 3. The third kappa shape index (κ3) is 5.33. The number of hydrogen-bond donors (Lipinski definition) is 3. The van der Waals surface area contributed by atoms with Crippen LogP contribution in [0.3, 0.4) is 0 Å². The zero-order valence-electron chi connectivity index (χ0n) is 13.6. The normalized spacial score (nSPS) is 11.0. The van der Waals surface area contributed by atoms with Gasteiger partial charge < -0.3 is 10.6 Å². The summed E-state index contributed by atoms with van der Waals surface area (Å²) in [7, 11) is -4.23. The Morgan fingerprint density at radius 1 is 1.16 bits per heavy atom. The molecule has 3 N–H and O–H groups in total. The summed E-state index contributed by atoms with van der Waals surface area (Å²) in [4.78, 5) is 15.7. The van der Waals surface area contributed by atoms with E-state index in [9.17, 15) is 13.2 Å². The molecule has 0 aliphatic heterocycles. The van der Waals surface area contributed by atoms with Crippen molar-refractivity contribution in [3.8, 4) is 0 Å². The van der Waals surface area contributed by atoms with Gasteiger partial charge in [0, 0.05) is 12.7 Å². The van der Waals surface area contributed by atoms with Crippen molar-refractivity contribution in [2.45, 2.75) is 19.8 Å². The highest BCUT2D eigenvalue weighted by Crippen LogP contribution is 2.29. The van der Waals surface area contributed by atoms with Gasteiger partial charge >= 0.3 is 15.3 Å². The van der Waals surface area contributed by atoms with E-state index in [0.29, 0.717) is 29.4 Å². The van der Waals surface area contributed by atoms with Crippen molar-refractivity contribution in [2.75, 3.05) is 16.6 Å². The summed E-state index contributed by atoms with van der Waals surface area (Å²) in [6, 6.07) is 8.61. The van der Waals surface area contributed by atoms with Crippen molar-refractivity contribution in [3.63, 3.8) is 0 Å². The molecule has 0 unspecified atom stereocenters. The van der Waals surface area contributed by atoms with Gasteiger partial charge in [0.25, 0.3) is 0 Å². The van der Waals surface area contributed by atoms with Gasteiger partial charge in [0.15, 0.2) is 0 Å². The molecule has 0 aliphatic carbocycles. The van der Waals surface area contributed by atoms with E-state index in [4.69, 9.17) is 11.6 Å². The van der Waals surface area contributed by atoms with Gasteiger partial charge in [-0.25, -0.2) is 0 Å². The Kier molecular flexibility index (Phi) is 6.60. The zero-order valence-corrected chi connectivity index (χ0v) is 15.2. The maximum absolute atomic E-state index is 12.2. The van der Waals surface area contributed by atoms with E-state index < -0.39 is 15.3 Å². The number of pyridine rings is 1. The van der Waals surface area contributed by atoms with Gasteiger partial charge in [0.05, 0.1) is 28.3 Å². The van der Waals surface area contributed by atoms with Gasteiger partial charge in [-0.1, -0.05) is 37.1 Å². The first-order chi connectivity index (χ1) is 11.9. The highest BCUT2D eigenvalue weighted by atomic mass is 35.5. The molecule has 9 heteroatoms. The number of carbonyl (C=O) groups excluding carboxylic acids is 1. The van der Waals surface area contributed by atoms with Crippen LogP contribution in [0.25, 0.3) is 0 Å². The average molecular weight is 383 g/mol. The monoisotopic (exact) mass is 382 g/mol. The number of hydrogen-bond acceptors (Lipinski definition) is 5. The fourth-order valence-electron chi connectivity index (χ4n) is 1.95. The number of unbranched alkanes of at least 4 members (excludes halogenated alkanes) is 1. The molecule has 0 atom stereocenters. The molecule has 0 spiro atoms. The maximum atomic E-state index is 12.2. The molecule has 0 aliphatic rings. The number of nitrogens with one attached hydrogen (secondary N) is 3. The molecule has 0 bridgehead atoms. The number of amides is 1. The summed E-state index contributed by atoms with van der Waals surface area (Å²) < 4.78 is 26.6. The second kappa shape index (κ2) is 8.68. The van der Waals surface area contributed by atoms with Crippen LogP contribution in [0, 0.1) is 0 Å². The van der Waals surface area contributed by atoms with Crippen LogP contribution in [0.15, 0.2) is 42.7 Å². The first kappa shape index (κ1) is 19.0. The van der Waals surface area contributed by atoms with Crippen LogP contribution in [0.2, 0.25) is 5.02 Å². The van der Waals surface area contributed by atoms with Gasteiger partial charge in [0.1, 0.15) is 0 Å². The molecule has 2 aromatic rings. The lowest BCUT2D eigenvalue weighted by atomic mass is 10.3. The van der Waals surface area contributed by atoms with Crippen molar-refractivity contribution in [1.29, 1.82) is 0 Å². The minimum atomic E-state index is -4.23. The van der Waals surface area contributed by atoms with Gasteiger partial charge in [0.2, 0.25) is 0 Å². The quantitative estimate of drug-likeness (QED) is 0.633. The molecule has 25 heavy (non-hydrogen) atoms. The fraction of sp³-hybridized carbons (Fsp3) is 0.250. The van der Waals surface area contributed by atoms with Crippen molar-refractivity contribution in [3.05, 3.63) is 47.7 Å². The first-order valence-corrected chi connectivity index (χ1v) is 9.56. The molecule has 7 nitrogen and oxygen atoms in total. The number of nitrogens with zero attached hydrogens (tertiary/aromatic N) is 1. The Bertz CT molecular complexity index is 843. The molecule has 0 saturated heterocycles. The van der Waals surface area contributed by atoms with E-state index in [1.165, 1.54) is 12.4 Å². The number of sulfonamides is 1. The molecule has 1 aromatic heterocycles. The topological polar surface area (TPSA) is 100 Å². The standard InChI is InChI=1S/C16H19ClN4O3S/c1-2-3-9-19-16(22)25(23,24)21-15-11-18-10-8-14(15)20-13-7-5-4-6-12(13)17/h4-8,10-11,21H,2-3,9H2,1H3,(H,18,20)(H,19,22). The van der Waals surface area contributed by atoms with Crippen molar-refractivity contribution in [1.82, 2.24) is 10.3 Å². The Labute approximate surface area is 151 Å². The lowest BCUT2D eigenvalue weighted by Gasteiger charge is -2.14. The first-order valence-electron chi connectivity index (χ1n) is 7.70. The molecule has 0 radical (unpaired) electrons. The highest BCUT2D eigenvalue weighted by molar-refractivity contribution is 8.07. The molecular formula is C16H19ClN4O3S. The maximum Gasteiger partial charge on any atom is 0.357 e. The third-order valence-corrected chi connectivity index (χ3v) is 4.70. The minimum absolute atomic E-state index is 0.146. The summed E-state index contributed by atoms with van der Waals surface area (Å²) in [6.07, 6.45) is 4.37. The zero-order chi connectivity index (χ0) is 18.3. The Balaban J connectivity index is 2.17. The van der Waals surface area contributed by atoms with Crippen LogP contribution >= 0.6 is 11.6 Å². The molecule has 2 rings (SSSR count). The Hall–Kier alpha value is -2.32. The van der Waals surface area contributed by atoms with E-state index in [2.05, 4.69) is 20.3 Å². The van der Waals surface area contributed by atoms with E-state index in [1.54, 1.807) is 30.3 Å². The van der Waals surface area contributed by atoms with Crippen LogP contribution in [0.4, 0.5) is 21.9 Å². The van der Waals surface area contributed by atoms with E-state index in [0.717, 1.165) is 6.42 Å². The number of aromatic nitrogens is 1. The molecule has 1 aromatic carbocycles. The molecular weight excluding hydrogens is 364 g/mol. The van der Waals surface area contributed by atoms with Gasteiger partial charge in [-0.15, -0.1) is 0 Å². The largest absolute Gasteiger partial charge is 0.357 e. The highest BCUT2D eigenvalue weighted by Gasteiger charge is 2.22. The fourth-order valence-corrected chi connectivity index (χ4v) is 2.97. The summed E-state index contributed by atoms with van der Waals surface area (Å²) >= 11 is 6.10. The molecule has 1 amide bonds. The van der Waals surface area contributed by atoms with Gasteiger partial charge in [-0.3, -0.25) is 14.5 Å². The van der Waals surface area contributed by atoms with Crippen molar-refractivity contribution >= 4 is 43.9 Å². The van der Waals surface area contributed by atoms with Crippen LogP contribution < -0.4 is 15.4 Å². The molecule has 134 valence electrons. The predicted octanol–water partition coefficient (Wildman–Crippen LogP) is 3.73. The number of benzene rings is 1. The third-order valence-electron chi connectivity index (χ3n) is 3.25. The molecule has 0 saturated carbocycles. The van der Waals surface area contributed by atoms with Crippen molar-refractivity contribution in [2.24, 2.45) is 0 Å². The lowest BCUT2D eigenvalue weighted by molar-refractivity contribution is 0.258. The van der Waals surface area contributed by atoms with E-state index >= 15 is 0 Å². The van der Waals surface area contributed by atoms with Crippen molar-refractivity contribution < 1.29 is 13.2 Å². The second-order valence-electron chi connectivity index (χ2n) is 5.20. The number of para-hydroxylation sites is 1. The average Bonchev–Trinajstić information content (AvgIpc) is 2.58. The molecule has 1 heterocycles. The SMILES string of the molecule is CCCCNC(=O)S(=O)(=O)Nc1cnccc1Nc1ccccc1Cl. The number of halogens is 1. The van der Waals surface area contributed by atoms with Gasteiger partial charge in [-0.2, -0.15) is 8.42 Å². The lowest BCUT2D eigenvalue weighted by Crippen LogP contribution is -2.34. The Morgan fingerprint density at radius 2 is 1.92 bits per heavy atom. The minimum Gasteiger partial charge on any atom is -0.353 e. The smallest absolute Gasteiger partial charge is 0.353 e. The number of rotatable bonds is 7. The van der Waals surface area contributed by atoms with Crippen LogP contribution in [0.1, 0.15) is 19.8 Å². The Morgan fingerprint density at radius 3 is 2.64 bits per heavy atom. The summed E-state index contributed by atoms with van der Waals surface area (Å²) in [5, 5.41) is 4.80. The van der Waals surface area contributed by atoms with E-state index in [1.807, 2.05) is 6.92 Å². The van der Waals surface area contributed by atoms with Crippen LogP contribution in [-0.4, -0.2) is 25.2 Å². The van der Waals surface area contributed by atoms with Crippen LogP contribution in [-0.2, 0) is 10.0 Å². The van der Waals surface area contributed by atoms with Crippen LogP contribution in [0.5, 0.6) is 0 Å².